The Bertz CT molecular complexity index is 1040. The van der Waals surface area contributed by atoms with Gasteiger partial charge in [-0.3, -0.25) is 5.10 Å². The van der Waals surface area contributed by atoms with E-state index in [9.17, 15) is 0 Å². The summed E-state index contributed by atoms with van der Waals surface area (Å²) in [6.07, 6.45) is 5.46. The minimum absolute atomic E-state index is 0.200. The van der Waals surface area contributed by atoms with Gasteiger partial charge in [0.15, 0.2) is 17.0 Å². The van der Waals surface area contributed by atoms with Crippen molar-refractivity contribution in [2.75, 3.05) is 5.32 Å². The van der Waals surface area contributed by atoms with Crippen molar-refractivity contribution in [3.63, 3.8) is 0 Å². The molecule has 2 N–H and O–H groups in total. The van der Waals surface area contributed by atoms with Gasteiger partial charge in [0.25, 0.3) is 0 Å². The predicted octanol–water partition coefficient (Wildman–Crippen LogP) is 4.06. The molecule has 3 aromatic heterocycles. The molecule has 0 fully saturated rings. The lowest BCUT2D eigenvalue weighted by Gasteiger charge is -2.11. The van der Waals surface area contributed by atoms with Crippen molar-refractivity contribution >= 4 is 28.6 Å². The lowest BCUT2D eigenvalue weighted by Crippen LogP contribution is -2.06. The molecule has 4 aromatic rings. The molecule has 1 aromatic carbocycles. The van der Waals surface area contributed by atoms with Gasteiger partial charge in [0.1, 0.15) is 0 Å². The predicted molar refractivity (Wildman–Crippen MR) is 102 cm³/mol. The highest BCUT2D eigenvalue weighted by molar-refractivity contribution is 6.28. The number of rotatable bonds is 5. The van der Waals surface area contributed by atoms with Gasteiger partial charge in [-0.25, -0.2) is 4.98 Å². The fraction of sp³-hybridized carbons (Fsp3) is 0.222. The summed E-state index contributed by atoms with van der Waals surface area (Å²) in [6.45, 7) is 4.73. The number of aromatic amines is 1. The van der Waals surface area contributed by atoms with Gasteiger partial charge in [-0.05, 0) is 36.6 Å². The molecule has 8 heteroatoms. The molecule has 7 nitrogen and oxygen atoms in total. The molecule has 3 heterocycles. The van der Waals surface area contributed by atoms with Crippen LogP contribution in [0.5, 0.6) is 0 Å². The van der Waals surface area contributed by atoms with Crippen molar-refractivity contribution in [3.05, 3.63) is 53.8 Å². The Kier molecular flexibility index (Phi) is 4.30. The SMILES string of the molecule is CC(C)n1cnc2c(NCc3ccccc3-c3cn[nH]c3)nc(Cl)nc21. The summed E-state index contributed by atoms with van der Waals surface area (Å²) in [5.74, 6) is 0.626. The molecule has 0 spiro atoms. The number of fused-ring (bicyclic) bond motifs is 1. The Morgan fingerprint density at radius 3 is 2.85 bits per heavy atom. The number of anilines is 1. The average Bonchev–Trinajstić information content (AvgIpc) is 3.29. The van der Waals surface area contributed by atoms with Crippen LogP contribution >= 0.6 is 11.6 Å². The van der Waals surface area contributed by atoms with E-state index in [1.165, 1.54) is 0 Å². The van der Waals surface area contributed by atoms with Crippen LogP contribution < -0.4 is 5.32 Å². The minimum atomic E-state index is 0.200. The van der Waals surface area contributed by atoms with Gasteiger partial charge < -0.3 is 9.88 Å². The highest BCUT2D eigenvalue weighted by atomic mass is 35.5. The van der Waals surface area contributed by atoms with Gasteiger partial charge in [-0.15, -0.1) is 0 Å². The van der Waals surface area contributed by atoms with Crippen LogP contribution in [0.4, 0.5) is 5.82 Å². The van der Waals surface area contributed by atoms with E-state index in [0.717, 1.165) is 22.3 Å². The molecule has 0 aliphatic carbocycles. The van der Waals surface area contributed by atoms with Crippen molar-refractivity contribution in [1.29, 1.82) is 0 Å². The summed E-state index contributed by atoms with van der Waals surface area (Å²) in [6, 6.07) is 8.40. The van der Waals surface area contributed by atoms with Crippen LogP contribution in [0.3, 0.4) is 0 Å². The Morgan fingerprint density at radius 2 is 2.08 bits per heavy atom. The van der Waals surface area contributed by atoms with Crippen LogP contribution in [0, 0.1) is 0 Å². The maximum absolute atomic E-state index is 6.14. The third-order valence-electron chi connectivity index (χ3n) is 4.22. The number of hydrogen-bond donors (Lipinski definition) is 2. The van der Waals surface area contributed by atoms with Crippen LogP contribution in [-0.4, -0.2) is 29.7 Å². The summed E-state index contributed by atoms with van der Waals surface area (Å²) in [5, 5.41) is 10.4. The largest absolute Gasteiger partial charge is 0.364 e. The molecule has 0 amide bonds. The molecule has 0 atom stereocenters. The Labute approximate surface area is 155 Å². The number of benzene rings is 1. The highest BCUT2D eigenvalue weighted by Crippen LogP contribution is 2.26. The number of hydrogen-bond acceptors (Lipinski definition) is 5. The summed E-state index contributed by atoms with van der Waals surface area (Å²) in [7, 11) is 0. The summed E-state index contributed by atoms with van der Waals surface area (Å²) < 4.78 is 1.98. The number of halogens is 1. The van der Waals surface area contributed by atoms with Crippen LogP contribution in [0.2, 0.25) is 5.28 Å². The standard InChI is InChI=1S/C18H18ClN7/c1-11(2)26-10-21-15-16(24-18(19)25-17(15)26)20-7-12-5-3-4-6-14(12)13-8-22-23-9-13/h3-6,8-11H,7H2,1-2H3,(H,22,23)(H,20,24,25). The first-order valence-corrected chi connectivity index (χ1v) is 8.72. The van der Waals surface area contributed by atoms with E-state index in [4.69, 9.17) is 11.6 Å². The minimum Gasteiger partial charge on any atom is -0.364 e. The number of imidazole rings is 1. The fourth-order valence-electron chi connectivity index (χ4n) is 2.92. The zero-order chi connectivity index (χ0) is 18.1. The zero-order valence-electron chi connectivity index (χ0n) is 14.4. The van der Waals surface area contributed by atoms with E-state index in [1.807, 2.05) is 29.1 Å². The smallest absolute Gasteiger partial charge is 0.226 e. The van der Waals surface area contributed by atoms with Crippen molar-refractivity contribution in [2.24, 2.45) is 0 Å². The molecule has 0 saturated carbocycles. The molecule has 132 valence electrons. The fourth-order valence-corrected chi connectivity index (χ4v) is 3.09. The van der Waals surface area contributed by atoms with Crippen LogP contribution in [0.1, 0.15) is 25.5 Å². The Hall–Kier alpha value is -2.93. The van der Waals surface area contributed by atoms with Crippen LogP contribution in [-0.2, 0) is 6.54 Å². The van der Waals surface area contributed by atoms with Crippen molar-refractivity contribution in [2.45, 2.75) is 26.4 Å². The number of nitrogens with one attached hydrogen (secondary N) is 2. The van der Waals surface area contributed by atoms with Gasteiger partial charge in [-0.1, -0.05) is 24.3 Å². The third kappa shape index (κ3) is 3.01. The average molecular weight is 368 g/mol. The second-order valence-electron chi connectivity index (χ2n) is 6.26. The monoisotopic (exact) mass is 367 g/mol. The Balaban J connectivity index is 1.68. The molecule has 0 aliphatic rings. The van der Waals surface area contributed by atoms with Gasteiger partial charge in [-0.2, -0.15) is 15.1 Å². The number of nitrogens with zero attached hydrogens (tertiary/aromatic N) is 5. The molecule has 0 radical (unpaired) electrons. The van der Waals surface area contributed by atoms with E-state index in [0.29, 0.717) is 17.9 Å². The molecular weight excluding hydrogens is 350 g/mol. The van der Waals surface area contributed by atoms with E-state index in [2.05, 4.69) is 56.4 Å². The normalized spacial score (nSPS) is 11.4. The first-order valence-electron chi connectivity index (χ1n) is 8.34. The van der Waals surface area contributed by atoms with E-state index in [1.54, 1.807) is 6.33 Å². The highest BCUT2D eigenvalue weighted by Gasteiger charge is 2.14. The number of H-pyrrole nitrogens is 1. The maximum atomic E-state index is 6.14. The van der Waals surface area contributed by atoms with Crippen LogP contribution in [0.15, 0.2) is 43.0 Å². The van der Waals surface area contributed by atoms with Gasteiger partial charge in [0.05, 0.1) is 12.5 Å². The lowest BCUT2D eigenvalue weighted by molar-refractivity contribution is 0.612. The van der Waals surface area contributed by atoms with Crippen molar-refractivity contribution < 1.29 is 0 Å². The van der Waals surface area contributed by atoms with Crippen molar-refractivity contribution in [1.82, 2.24) is 29.7 Å². The van der Waals surface area contributed by atoms with Crippen molar-refractivity contribution in [3.8, 4) is 11.1 Å². The molecular formula is C18H18ClN7. The molecule has 26 heavy (non-hydrogen) atoms. The van der Waals surface area contributed by atoms with Crippen LogP contribution in [0.25, 0.3) is 22.3 Å². The first kappa shape index (κ1) is 16.5. The molecule has 0 aliphatic heterocycles. The van der Waals surface area contributed by atoms with E-state index >= 15 is 0 Å². The maximum Gasteiger partial charge on any atom is 0.226 e. The second-order valence-corrected chi connectivity index (χ2v) is 6.59. The Morgan fingerprint density at radius 1 is 1.23 bits per heavy atom. The molecule has 0 unspecified atom stereocenters. The molecule has 4 rings (SSSR count). The summed E-state index contributed by atoms with van der Waals surface area (Å²) in [4.78, 5) is 13.1. The van der Waals surface area contributed by atoms with E-state index in [-0.39, 0.29) is 11.3 Å². The first-order chi connectivity index (χ1) is 12.6. The quantitative estimate of drug-likeness (QED) is 0.519. The topological polar surface area (TPSA) is 84.3 Å². The molecule has 0 bridgehead atoms. The van der Waals surface area contributed by atoms with Gasteiger partial charge in [0, 0.05) is 24.3 Å². The third-order valence-corrected chi connectivity index (χ3v) is 4.39. The summed E-state index contributed by atoms with van der Waals surface area (Å²) >= 11 is 6.14. The van der Waals surface area contributed by atoms with E-state index < -0.39 is 0 Å². The van der Waals surface area contributed by atoms with Gasteiger partial charge >= 0.3 is 0 Å². The van der Waals surface area contributed by atoms with Gasteiger partial charge in [0.2, 0.25) is 5.28 Å². The second kappa shape index (κ2) is 6.76. The lowest BCUT2D eigenvalue weighted by atomic mass is 10.0. The zero-order valence-corrected chi connectivity index (χ0v) is 15.2. The molecule has 0 saturated heterocycles. The number of aromatic nitrogens is 6. The summed E-state index contributed by atoms with van der Waals surface area (Å²) in [5.41, 5.74) is 4.71.